The lowest BCUT2D eigenvalue weighted by molar-refractivity contribution is -0.137. The highest BCUT2D eigenvalue weighted by atomic mass is 16.4. The number of unbranched alkanes of at least 4 members (excludes halogenated alkanes) is 1. The van der Waals surface area contributed by atoms with Crippen LogP contribution in [0.15, 0.2) is 70.6 Å². The standard InChI is InChI=1S/C20H22N2O2/c23-20(24)14-8-7-9-17(15-21-18-10-3-1-4-11-18)16-22-19-12-5-2-6-13-19/h1-6,10-13,15-17H,7-9,14H2,(H,23,24). The minimum Gasteiger partial charge on any atom is -0.481 e. The zero-order chi connectivity index (χ0) is 17.0. The molecule has 2 rings (SSSR count). The van der Waals surface area contributed by atoms with Crippen LogP contribution in [0.2, 0.25) is 0 Å². The van der Waals surface area contributed by atoms with Crippen LogP contribution in [0, 0.1) is 5.92 Å². The van der Waals surface area contributed by atoms with Crippen LogP contribution in [-0.2, 0) is 4.79 Å². The van der Waals surface area contributed by atoms with Gasteiger partial charge in [0.05, 0.1) is 11.4 Å². The number of hydrogen-bond acceptors (Lipinski definition) is 3. The second kappa shape index (κ2) is 10.1. The van der Waals surface area contributed by atoms with Crippen molar-refractivity contribution in [1.29, 1.82) is 0 Å². The van der Waals surface area contributed by atoms with Crippen LogP contribution < -0.4 is 0 Å². The minimum absolute atomic E-state index is 0.0826. The molecule has 2 aromatic carbocycles. The summed E-state index contributed by atoms with van der Waals surface area (Å²) in [5, 5.41) is 8.73. The lowest BCUT2D eigenvalue weighted by atomic mass is 10.0. The number of aliphatic imine (C=N–C) groups is 2. The van der Waals surface area contributed by atoms with E-state index in [-0.39, 0.29) is 12.3 Å². The maximum Gasteiger partial charge on any atom is 0.303 e. The van der Waals surface area contributed by atoms with Gasteiger partial charge in [-0.1, -0.05) is 42.8 Å². The van der Waals surface area contributed by atoms with E-state index in [9.17, 15) is 4.79 Å². The molecule has 24 heavy (non-hydrogen) atoms. The van der Waals surface area contributed by atoms with Crippen LogP contribution in [-0.4, -0.2) is 23.5 Å². The quantitative estimate of drug-likeness (QED) is 0.518. The number of para-hydroxylation sites is 2. The van der Waals surface area contributed by atoms with Gasteiger partial charge in [-0.25, -0.2) is 0 Å². The topological polar surface area (TPSA) is 62.0 Å². The molecule has 0 atom stereocenters. The lowest BCUT2D eigenvalue weighted by Crippen LogP contribution is -2.04. The van der Waals surface area contributed by atoms with Gasteiger partial charge in [0.25, 0.3) is 0 Å². The average molecular weight is 322 g/mol. The number of aliphatic carboxylic acids is 1. The fourth-order valence-corrected chi connectivity index (χ4v) is 2.24. The van der Waals surface area contributed by atoms with Crippen molar-refractivity contribution in [2.45, 2.75) is 25.7 Å². The van der Waals surface area contributed by atoms with Gasteiger partial charge in [0.2, 0.25) is 0 Å². The van der Waals surface area contributed by atoms with Crippen LogP contribution in [0.25, 0.3) is 0 Å². The largest absolute Gasteiger partial charge is 0.481 e. The van der Waals surface area contributed by atoms with Crippen LogP contribution >= 0.6 is 0 Å². The minimum atomic E-state index is -0.748. The van der Waals surface area contributed by atoms with Gasteiger partial charge in [-0.05, 0) is 37.1 Å². The van der Waals surface area contributed by atoms with Crippen molar-refractivity contribution in [3.05, 3.63) is 60.7 Å². The summed E-state index contributed by atoms with van der Waals surface area (Å²) in [6.45, 7) is 0. The number of nitrogens with zero attached hydrogens (tertiary/aromatic N) is 2. The monoisotopic (exact) mass is 322 g/mol. The van der Waals surface area contributed by atoms with E-state index in [1.54, 1.807) is 0 Å². The van der Waals surface area contributed by atoms with Crippen LogP contribution in [0.3, 0.4) is 0 Å². The van der Waals surface area contributed by atoms with E-state index in [0.717, 1.165) is 24.2 Å². The number of hydrogen-bond donors (Lipinski definition) is 1. The van der Waals surface area contributed by atoms with Crippen molar-refractivity contribution in [1.82, 2.24) is 0 Å². The van der Waals surface area contributed by atoms with Crippen molar-refractivity contribution in [3.63, 3.8) is 0 Å². The molecule has 0 spiro atoms. The summed E-state index contributed by atoms with van der Waals surface area (Å²) in [5.74, 6) is -0.665. The Morgan fingerprint density at radius 1 is 0.875 bits per heavy atom. The number of rotatable bonds is 9. The Morgan fingerprint density at radius 2 is 1.38 bits per heavy atom. The Labute approximate surface area is 142 Å². The first-order valence-electron chi connectivity index (χ1n) is 8.14. The van der Waals surface area contributed by atoms with E-state index in [1.807, 2.05) is 73.1 Å². The van der Waals surface area contributed by atoms with E-state index in [2.05, 4.69) is 9.98 Å². The first kappa shape index (κ1) is 17.6. The Hall–Kier alpha value is -2.75. The van der Waals surface area contributed by atoms with Crippen molar-refractivity contribution in [2.75, 3.05) is 0 Å². The number of carbonyl (C=O) groups is 1. The van der Waals surface area contributed by atoms with Crippen molar-refractivity contribution in [2.24, 2.45) is 15.9 Å². The zero-order valence-corrected chi connectivity index (χ0v) is 13.6. The van der Waals surface area contributed by atoms with Gasteiger partial charge < -0.3 is 5.11 Å². The summed E-state index contributed by atoms with van der Waals surface area (Å²) < 4.78 is 0. The first-order chi connectivity index (χ1) is 11.7. The van der Waals surface area contributed by atoms with Gasteiger partial charge in [-0.2, -0.15) is 0 Å². The summed E-state index contributed by atoms with van der Waals surface area (Å²) in [6, 6.07) is 19.5. The van der Waals surface area contributed by atoms with E-state index >= 15 is 0 Å². The predicted molar refractivity (Wildman–Crippen MR) is 98.8 cm³/mol. The molecule has 0 saturated heterocycles. The molecule has 0 radical (unpaired) electrons. The molecule has 124 valence electrons. The number of carboxylic acid groups (broad SMARTS) is 1. The molecule has 4 nitrogen and oxygen atoms in total. The molecule has 0 aliphatic heterocycles. The lowest BCUT2D eigenvalue weighted by Gasteiger charge is -2.06. The number of benzene rings is 2. The molecule has 0 bridgehead atoms. The maximum absolute atomic E-state index is 10.6. The van der Waals surface area contributed by atoms with Crippen molar-refractivity contribution in [3.8, 4) is 0 Å². The van der Waals surface area contributed by atoms with Crippen LogP contribution in [0.4, 0.5) is 11.4 Å². The zero-order valence-electron chi connectivity index (χ0n) is 13.6. The third kappa shape index (κ3) is 7.01. The summed E-state index contributed by atoms with van der Waals surface area (Å²) >= 11 is 0. The molecule has 0 aliphatic carbocycles. The third-order valence-electron chi connectivity index (χ3n) is 3.52. The molecule has 0 aliphatic rings. The Balaban J connectivity index is 1.98. The van der Waals surface area contributed by atoms with Gasteiger partial charge in [0, 0.05) is 24.8 Å². The first-order valence-corrected chi connectivity index (χ1v) is 8.14. The molecular formula is C20H22N2O2. The fourth-order valence-electron chi connectivity index (χ4n) is 2.24. The molecule has 0 fully saturated rings. The summed E-state index contributed by atoms with van der Waals surface area (Å²) in [5.41, 5.74) is 1.81. The molecular weight excluding hydrogens is 300 g/mol. The third-order valence-corrected chi connectivity index (χ3v) is 3.52. The van der Waals surface area contributed by atoms with Gasteiger partial charge >= 0.3 is 5.97 Å². The molecule has 0 saturated carbocycles. The van der Waals surface area contributed by atoms with Gasteiger partial charge in [-0.3, -0.25) is 14.8 Å². The molecule has 1 N–H and O–H groups in total. The molecule has 4 heteroatoms. The molecule has 0 unspecified atom stereocenters. The molecule has 0 aromatic heterocycles. The number of carboxylic acids is 1. The molecule has 0 amide bonds. The average Bonchev–Trinajstić information content (AvgIpc) is 2.62. The fraction of sp³-hybridized carbons (Fsp3) is 0.250. The van der Waals surface area contributed by atoms with E-state index in [0.29, 0.717) is 6.42 Å². The van der Waals surface area contributed by atoms with Crippen molar-refractivity contribution < 1.29 is 9.90 Å². The maximum atomic E-state index is 10.6. The Bertz CT molecular complexity index is 617. The van der Waals surface area contributed by atoms with E-state index in [1.165, 1.54) is 0 Å². The second-order valence-electron chi connectivity index (χ2n) is 5.53. The van der Waals surface area contributed by atoms with Gasteiger partial charge in [0.1, 0.15) is 0 Å². The normalized spacial score (nSPS) is 12.7. The predicted octanol–water partition coefficient (Wildman–Crippen LogP) is 5.05. The van der Waals surface area contributed by atoms with Crippen molar-refractivity contribution >= 4 is 29.8 Å². The van der Waals surface area contributed by atoms with E-state index in [4.69, 9.17) is 5.11 Å². The van der Waals surface area contributed by atoms with E-state index < -0.39 is 5.97 Å². The van der Waals surface area contributed by atoms with Gasteiger partial charge in [-0.15, -0.1) is 0 Å². The van der Waals surface area contributed by atoms with Gasteiger partial charge in [0.15, 0.2) is 0 Å². The Kier molecular flexibility index (Phi) is 7.41. The highest BCUT2D eigenvalue weighted by Gasteiger charge is 2.04. The van der Waals surface area contributed by atoms with Crippen LogP contribution in [0.1, 0.15) is 25.7 Å². The Morgan fingerprint density at radius 3 is 1.83 bits per heavy atom. The SMILES string of the molecule is O=C(O)CCCCC(C=Nc1ccccc1)C=Nc1ccccc1. The van der Waals surface area contributed by atoms with Crippen LogP contribution in [0.5, 0.6) is 0 Å². The summed E-state index contributed by atoms with van der Waals surface area (Å²) in [7, 11) is 0. The smallest absolute Gasteiger partial charge is 0.303 e. The second-order valence-corrected chi connectivity index (χ2v) is 5.53. The highest BCUT2D eigenvalue weighted by Crippen LogP contribution is 2.14. The summed E-state index contributed by atoms with van der Waals surface area (Å²) in [6.07, 6.45) is 6.33. The molecule has 2 aromatic rings. The molecule has 0 heterocycles. The highest BCUT2D eigenvalue weighted by molar-refractivity contribution is 5.86. The summed E-state index contributed by atoms with van der Waals surface area (Å²) in [4.78, 5) is 19.6.